The first-order valence-corrected chi connectivity index (χ1v) is 18.2. The molecule has 268 valence electrons. The van der Waals surface area contributed by atoms with Gasteiger partial charge in [0.05, 0.1) is 12.2 Å². The molecule has 13 heteroatoms. The largest absolute Gasteiger partial charge is 0.347 e. The summed E-state index contributed by atoms with van der Waals surface area (Å²) in [5.74, 6) is -3.20. The lowest BCUT2D eigenvalue weighted by atomic mass is 9.82. The van der Waals surface area contributed by atoms with Crippen LogP contribution in [0.25, 0.3) is 0 Å². The van der Waals surface area contributed by atoms with E-state index in [4.69, 9.17) is 0 Å². The number of fused-ring (bicyclic) bond motifs is 1. The minimum absolute atomic E-state index is 0.0132. The van der Waals surface area contributed by atoms with Crippen molar-refractivity contribution in [1.82, 2.24) is 36.1 Å². The molecular weight excluding hydrogens is 626 g/mol. The van der Waals surface area contributed by atoms with Crippen LogP contribution in [-0.4, -0.2) is 86.9 Å². The molecule has 49 heavy (non-hydrogen) atoms. The van der Waals surface area contributed by atoms with Crippen molar-refractivity contribution in [3.63, 3.8) is 0 Å². The first-order chi connectivity index (χ1) is 23.4. The van der Waals surface area contributed by atoms with Crippen LogP contribution in [0.15, 0.2) is 18.6 Å². The van der Waals surface area contributed by atoms with Gasteiger partial charge < -0.3 is 26.2 Å². The molecule has 1 aromatic heterocycles. The second-order valence-corrected chi connectivity index (χ2v) is 15.5. The maximum Gasteiger partial charge on any atom is 0.289 e. The third kappa shape index (κ3) is 8.83. The molecule has 2 heterocycles. The fraction of sp³-hybridized carbons (Fsp3) is 0.722. The molecule has 3 aliphatic carbocycles. The molecule has 4 N–H and O–H groups in total. The second-order valence-electron chi connectivity index (χ2n) is 15.5. The topological polar surface area (TPSA) is 180 Å². The van der Waals surface area contributed by atoms with Crippen LogP contribution in [0.5, 0.6) is 0 Å². The Bertz CT molecular complexity index is 1390. The van der Waals surface area contributed by atoms with Gasteiger partial charge in [0.1, 0.15) is 23.8 Å². The van der Waals surface area contributed by atoms with Crippen LogP contribution in [-0.2, 0) is 24.0 Å². The van der Waals surface area contributed by atoms with E-state index in [1.54, 1.807) is 4.90 Å². The van der Waals surface area contributed by atoms with E-state index < -0.39 is 59.0 Å². The van der Waals surface area contributed by atoms with E-state index in [9.17, 15) is 28.8 Å². The van der Waals surface area contributed by atoms with Crippen LogP contribution in [0.1, 0.15) is 115 Å². The predicted molar refractivity (Wildman–Crippen MR) is 181 cm³/mol. The Morgan fingerprint density at radius 1 is 0.898 bits per heavy atom. The first kappa shape index (κ1) is 36.4. The SMILES string of the molecule is CCC[C@@H](NC(=O)[C@H]1[C@@H]2CCC[C@H]2CN1C(=O)[C@H](NC(=O)[C@@H](NC(=O)c1cnccn1)C1CCCCC1)C(C)(C)C)C(=O)C(=O)NC1CC1. The highest BCUT2D eigenvalue weighted by molar-refractivity contribution is 6.38. The van der Waals surface area contributed by atoms with Crippen LogP contribution in [0, 0.1) is 23.2 Å². The number of carbonyl (C=O) groups excluding carboxylic acids is 6. The minimum atomic E-state index is -0.994. The molecule has 5 rings (SSSR count). The number of aromatic nitrogens is 2. The maximum atomic E-state index is 14.6. The van der Waals surface area contributed by atoms with Crippen molar-refractivity contribution >= 4 is 35.3 Å². The summed E-state index contributed by atoms with van der Waals surface area (Å²) in [6.07, 6.45) is 13.9. The standard InChI is InChI=1S/C36H53N7O6/c1-5-10-25(29(44)34(48)39-23-15-16-23)40-33(47)28-24-14-9-13-22(24)20-43(28)35(49)30(36(2,3)4)42-32(46)27(21-11-7-6-8-12-21)41-31(45)26-19-37-17-18-38-26/h17-19,21-25,27-28,30H,5-16,20H2,1-4H3,(H,39,48)(H,40,47)(H,41,45)(H,42,46)/t22-,24+,25+,27-,28+,30-/m0/s1. The number of hydrogen-bond donors (Lipinski definition) is 4. The molecule has 6 atom stereocenters. The zero-order valence-corrected chi connectivity index (χ0v) is 29.3. The highest BCUT2D eigenvalue weighted by Gasteiger charge is 2.52. The molecular formula is C36H53N7O6. The van der Waals surface area contributed by atoms with Gasteiger partial charge in [-0.25, -0.2) is 4.98 Å². The number of carbonyl (C=O) groups is 6. The molecule has 0 bridgehead atoms. The number of amides is 5. The molecule has 3 saturated carbocycles. The van der Waals surface area contributed by atoms with Gasteiger partial charge in [-0.3, -0.25) is 33.8 Å². The van der Waals surface area contributed by atoms with Gasteiger partial charge >= 0.3 is 0 Å². The molecule has 0 aromatic carbocycles. The zero-order chi connectivity index (χ0) is 35.3. The molecule has 1 aromatic rings. The Hall–Kier alpha value is -3.90. The van der Waals surface area contributed by atoms with Gasteiger partial charge in [0.25, 0.3) is 11.8 Å². The Morgan fingerprint density at radius 3 is 2.27 bits per heavy atom. The molecule has 0 radical (unpaired) electrons. The van der Waals surface area contributed by atoms with E-state index >= 15 is 0 Å². The van der Waals surface area contributed by atoms with Crippen molar-refractivity contribution in [1.29, 1.82) is 0 Å². The summed E-state index contributed by atoms with van der Waals surface area (Å²) in [7, 11) is 0. The maximum absolute atomic E-state index is 14.6. The van der Waals surface area contributed by atoms with E-state index in [1.165, 1.54) is 18.6 Å². The summed E-state index contributed by atoms with van der Waals surface area (Å²) in [6.45, 7) is 7.85. The van der Waals surface area contributed by atoms with Crippen molar-refractivity contribution in [2.75, 3.05) is 6.54 Å². The first-order valence-electron chi connectivity index (χ1n) is 18.2. The van der Waals surface area contributed by atoms with Crippen molar-refractivity contribution < 1.29 is 28.8 Å². The van der Waals surface area contributed by atoms with E-state index in [2.05, 4.69) is 31.2 Å². The van der Waals surface area contributed by atoms with Crippen LogP contribution in [0.3, 0.4) is 0 Å². The molecule has 5 amide bonds. The van der Waals surface area contributed by atoms with Crippen LogP contribution in [0.4, 0.5) is 0 Å². The van der Waals surface area contributed by atoms with Gasteiger partial charge in [-0.15, -0.1) is 0 Å². The third-order valence-electron chi connectivity index (χ3n) is 10.7. The number of rotatable bonds is 13. The monoisotopic (exact) mass is 679 g/mol. The van der Waals surface area contributed by atoms with Gasteiger partial charge in [-0.2, -0.15) is 0 Å². The Kier molecular flexibility index (Phi) is 11.7. The molecule has 1 saturated heterocycles. The highest BCUT2D eigenvalue weighted by atomic mass is 16.2. The lowest BCUT2D eigenvalue weighted by Crippen LogP contribution is -2.62. The smallest absolute Gasteiger partial charge is 0.289 e. The number of likely N-dealkylation sites (tertiary alicyclic amines) is 1. The highest BCUT2D eigenvalue weighted by Crippen LogP contribution is 2.43. The summed E-state index contributed by atoms with van der Waals surface area (Å²) in [4.78, 5) is 91.4. The van der Waals surface area contributed by atoms with Gasteiger partial charge in [0, 0.05) is 25.0 Å². The zero-order valence-electron chi connectivity index (χ0n) is 29.3. The molecule has 4 fully saturated rings. The van der Waals surface area contributed by atoms with E-state index in [0.717, 1.165) is 64.2 Å². The fourth-order valence-electron chi connectivity index (χ4n) is 7.87. The van der Waals surface area contributed by atoms with Gasteiger partial charge in [-0.05, 0) is 68.1 Å². The molecule has 1 aliphatic heterocycles. The number of nitrogens with zero attached hydrogens (tertiary/aromatic N) is 3. The Labute approximate surface area is 288 Å². The summed E-state index contributed by atoms with van der Waals surface area (Å²) in [5.41, 5.74) is -0.638. The lowest BCUT2D eigenvalue weighted by Gasteiger charge is -2.38. The normalized spacial score (nSPS) is 24.2. The Morgan fingerprint density at radius 2 is 1.63 bits per heavy atom. The fourth-order valence-corrected chi connectivity index (χ4v) is 7.87. The molecule has 13 nitrogen and oxygen atoms in total. The number of ketones is 1. The average Bonchev–Trinajstić information content (AvgIpc) is 3.65. The number of hydrogen-bond acceptors (Lipinski definition) is 8. The number of Topliss-reactive ketones (excluding diaryl/α,β-unsaturated/α-hetero) is 1. The van der Waals surface area contributed by atoms with Crippen molar-refractivity contribution in [3.8, 4) is 0 Å². The van der Waals surface area contributed by atoms with Crippen molar-refractivity contribution in [2.45, 2.75) is 135 Å². The van der Waals surface area contributed by atoms with Crippen molar-refractivity contribution in [3.05, 3.63) is 24.3 Å². The number of nitrogens with one attached hydrogen (secondary N) is 4. The summed E-state index contributed by atoms with van der Waals surface area (Å²) < 4.78 is 0. The summed E-state index contributed by atoms with van der Waals surface area (Å²) >= 11 is 0. The summed E-state index contributed by atoms with van der Waals surface area (Å²) in [6, 6.07) is -3.68. The molecule has 0 unspecified atom stereocenters. The van der Waals surface area contributed by atoms with Crippen LogP contribution < -0.4 is 21.3 Å². The van der Waals surface area contributed by atoms with Gasteiger partial charge in [-0.1, -0.05) is 59.8 Å². The average molecular weight is 680 g/mol. The van der Waals surface area contributed by atoms with Crippen LogP contribution >= 0.6 is 0 Å². The van der Waals surface area contributed by atoms with Crippen molar-refractivity contribution in [2.24, 2.45) is 23.2 Å². The quantitative estimate of drug-likeness (QED) is 0.230. The second kappa shape index (κ2) is 15.8. The predicted octanol–water partition coefficient (Wildman–Crippen LogP) is 2.45. The van der Waals surface area contributed by atoms with Crippen LogP contribution in [0.2, 0.25) is 0 Å². The van der Waals surface area contributed by atoms with E-state index in [0.29, 0.717) is 19.4 Å². The minimum Gasteiger partial charge on any atom is -0.347 e. The van der Waals surface area contributed by atoms with Gasteiger partial charge in [0.2, 0.25) is 23.5 Å². The van der Waals surface area contributed by atoms with E-state index in [1.807, 2.05) is 27.7 Å². The lowest BCUT2D eigenvalue weighted by molar-refractivity contribution is -0.146. The molecule has 0 spiro atoms. The summed E-state index contributed by atoms with van der Waals surface area (Å²) in [5, 5.41) is 11.5. The molecule has 4 aliphatic rings. The Balaban J connectivity index is 1.36. The van der Waals surface area contributed by atoms with Gasteiger partial charge in [0.15, 0.2) is 0 Å². The van der Waals surface area contributed by atoms with E-state index in [-0.39, 0.29) is 35.4 Å². The third-order valence-corrected chi connectivity index (χ3v) is 10.7.